The van der Waals surface area contributed by atoms with Crippen molar-refractivity contribution in [3.05, 3.63) is 76.2 Å². The van der Waals surface area contributed by atoms with Crippen molar-refractivity contribution in [3.63, 3.8) is 0 Å². The minimum Gasteiger partial charge on any atom is -0.307 e. The van der Waals surface area contributed by atoms with Gasteiger partial charge in [0.25, 0.3) is 15.9 Å². The standard InChI is InChI=1S/C19H15FN2O3S2/c20-14-3-6-16(7-4-14)27(24,25)21-15-5-8-17-13(12-15)9-10-22(17)19(23)18-2-1-11-26-18/h1-8,11-12,21H,9-10H2. The van der Waals surface area contributed by atoms with E-state index >= 15 is 0 Å². The van der Waals surface area contributed by atoms with Crippen LogP contribution in [0, 0.1) is 5.82 Å². The van der Waals surface area contributed by atoms with Crippen LogP contribution in [0.2, 0.25) is 0 Å². The number of nitrogens with one attached hydrogen (secondary N) is 1. The predicted octanol–water partition coefficient (Wildman–Crippen LogP) is 3.89. The van der Waals surface area contributed by atoms with E-state index < -0.39 is 15.8 Å². The number of amides is 1. The van der Waals surface area contributed by atoms with Gasteiger partial charge >= 0.3 is 0 Å². The van der Waals surface area contributed by atoms with Crippen molar-refractivity contribution in [2.75, 3.05) is 16.2 Å². The molecule has 27 heavy (non-hydrogen) atoms. The lowest BCUT2D eigenvalue weighted by atomic mass is 10.1. The van der Waals surface area contributed by atoms with E-state index in [-0.39, 0.29) is 10.8 Å². The van der Waals surface area contributed by atoms with Crippen molar-refractivity contribution >= 4 is 38.6 Å². The van der Waals surface area contributed by atoms with E-state index in [1.54, 1.807) is 29.2 Å². The highest BCUT2D eigenvalue weighted by Crippen LogP contribution is 2.32. The van der Waals surface area contributed by atoms with Gasteiger partial charge in [0.15, 0.2) is 0 Å². The molecule has 0 radical (unpaired) electrons. The third kappa shape index (κ3) is 3.45. The summed E-state index contributed by atoms with van der Waals surface area (Å²) in [6.07, 6.45) is 0.651. The fourth-order valence-electron chi connectivity index (χ4n) is 3.04. The predicted molar refractivity (Wildman–Crippen MR) is 103 cm³/mol. The zero-order valence-corrected chi connectivity index (χ0v) is 15.7. The molecule has 0 bridgehead atoms. The Morgan fingerprint density at radius 2 is 1.89 bits per heavy atom. The number of halogens is 1. The van der Waals surface area contributed by atoms with Gasteiger partial charge < -0.3 is 4.90 Å². The largest absolute Gasteiger partial charge is 0.307 e. The number of rotatable bonds is 4. The molecule has 4 rings (SSSR count). The van der Waals surface area contributed by atoms with E-state index in [1.807, 2.05) is 11.4 Å². The molecule has 1 aliphatic rings. The Balaban J connectivity index is 1.57. The first-order valence-electron chi connectivity index (χ1n) is 8.21. The molecule has 5 nitrogen and oxygen atoms in total. The Bertz CT molecular complexity index is 1090. The van der Waals surface area contributed by atoms with Crippen molar-refractivity contribution in [3.8, 4) is 0 Å². The molecular weight excluding hydrogens is 387 g/mol. The second-order valence-corrected chi connectivity index (χ2v) is 8.72. The van der Waals surface area contributed by atoms with Gasteiger partial charge in [-0.05, 0) is 65.9 Å². The van der Waals surface area contributed by atoms with Gasteiger partial charge in [0.1, 0.15) is 5.82 Å². The molecular formula is C19H15FN2O3S2. The van der Waals surface area contributed by atoms with Gasteiger partial charge in [-0.3, -0.25) is 9.52 Å². The van der Waals surface area contributed by atoms with Crippen LogP contribution >= 0.6 is 11.3 Å². The Morgan fingerprint density at radius 3 is 2.59 bits per heavy atom. The fourth-order valence-corrected chi connectivity index (χ4v) is 4.76. The van der Waals surface area contributed by atoms with Gasteiger partial charge in [-0.1, -0.05) is 6.07 Å². The van der Waals surface area contributed by atoms with Crippen molar-refractivity contribution in [1.82, 2.24) is 0 Å². The lowest BCUT2D eigenvalue weighted by Gasteiger charge is -2.17. The van der Waals surface area contributed by atoms with E-state index in [1.165, 1.54) is 23.5 Å². The first-order chi connectivity index (χ1) is 12.9. The molecule has 1 aliphatic heterocycles. The van der Waals surface area contributed by atoms with Crippen LogP contribution in [0.3, 0.4) is 0 Å². The molecule has 0 spiro atoms. The van der Waals surface area contributed by atoms with E-state index in [9.17, 15) is 17.6 Å². The van der Waals surface area contributed by atoms with Gasteiger partial charge in [-0.15, -0.1) is 11.3 Å². The number of carbonyl (C=O) groups excluding carboxylic acids is 1. The topological polar surface area (TPSA) is 66.5 Å². The molecule has 2 aromatic carbocycles. The molecule has 1 N–H and O–H groups in total. The molecule has 3 aromatic rings. The summed E-state index contributed by atoms with van der Waals surface area (Å²) in [5.74, 6) is -0.551. The monoisotopic (exact) mass is 402 g/mol. The Morgan fingerprint density at radius 1 is 1.11 bits per heavy atom. The van der Waals surface area contributed by atoms with E-state index in [4.69, 9.17) is 0 Å². The average molecular weight is 402 g/mol. The summed E-state index contributed by atoms with van der Waals surface area (Å²) in [7, 11) is -3.81. The quantitative estimate of drug-likeness (QED) is 0.720. The van der Waals surface area contributed by atoms with E-state index in [2.05, 4.69) is 4.72 Å². The van der Waals surface area contributed by atoms with Crippen molar-refractivity contribution in [1.29, 1.82) is 0 Å². The van der Waals surface area contributed by atoms with Crippen LogP contribution in [0.1, 0.15) is 15.2 Å². The van der Waals surface area contributed by atoms with Crippen LogP contribution in [0.4, 0.5) is 15.8 Å². The fraction of sp³-hybridized carbons (Fsp3) is 0.105. The van der Waals surface area contributed by atoms with Crippen molar-refractivity contribution in [2.24, 2.45) is 0 Å². The highest BCUT2D eigenvalue weighted by atomic mass is 32.2. The highest BCUT2D eigenvalue weighted by Gasteiger charge is 2.26. The Labute approximate surface area is 160 Å². The Hall–Kier alpha value is -2.71. The molecule has 8 heteroatoms. The third-order valence-electron chi connectivity index (χ3n) is 4.33. The van der Waals surface area contributed by atoms with E-state index in [0.29, 0.717) is 23.5 Å². The van der Waals surface area contributed by atoms with Crippen LogP contribution in [0.5, 0.6) is 0 Å². The van der Waals surface area contributed by atoms with Gasteiger partial charge in [-0.25, -0.2) is 12.8 Å². The van der Waals surface area contributed by atoms with Crippen LogP contribution < -0.4 is 9.62 Å². The SMILES string of the molecule is O=C(c1cccs1)N1CCc2cc(NS(=O)(=O)c3ccc(F)cc3)ccc21. The Kier molecular flexibility index (Phi) is 4.45. The van der Waals surface area contributed by atoms with Crippen LogP contribution in [-0.2, 0) is 16.4 Å². The lowest BCUT2D eigenvalue weighted by molar-refractivity contribution is 0.0993. The maximum Gasteiger partial charge on any atom is 0.268 e. The zero-order valence-electron chi connectivity index (χ0n) is 14.1. The van der Waals surface area contributed by atoms with Crippen LogP contribution in [0.15, 0.2) is 64.9 Å². The number of hydrogen-bond acceptors (Lipinski definition) is 4. The maximum atomic E-state index is 13.0. The first-order valence-corrected chi connectivity index (χ1v) is 10.6. The van der Waals surface area contributed by atoms with Crippen molar-refractivity contribution < 1.29 is 17.6 Å². The summed E-state index contributed by atoms with van der Waals surface area (Å²) in [5, 5.41) is 1.86. The molecule has 0 unspecified atom stereocenters. The summed E-state index contributed by atoms with van der Waals surface area (Å²) in [6, 6.07) is 13.4. The second kappa shape index (κ2) is 6.79. The number of thiophene rings is 1. The van der Waals surface area contributed by atoms with Gasteiger partial charge in [0.2, 0.25) is 0 Å². The molecule has 1 aromatic heterocycles. The van der Waals surface area contributed by atoms with Gasteiger partial charge in [0, 0.05) is 17.9 Å². The molecule has 138 valence electrons. The van der Waals surface area contributed by atoms with Crippen molar-refractivity contribution in [2.45, 2.75) is 11.3 Å². The van der Waals surface area contributed by atoms with Crippen LogP contribution in [0.25, 0.3) is 0 Å². The zero-order chi connectivity index (χ0) is 19.0. The second-order valence-electron chi connectivity index (χ2n) is 6.09. The maximum absolute atomic E-state index is 13.0. The third-order valence-corrected chi connectivity index (χ3v) is 6.58. The summed E-state index contributed by atoms with van der Waals surface area (Å²) >= 11 is 1.39. The molecule has 0 fully saturated rings. The normalized spacial score (nSPS) is 13.4. The molecule has 0 atom stereocenters. The summed E-state index contributed by atoms with van der Waals surface area (Å²) in [6.45, 7) is 0.556. The number of sulfonamides is 1. The smallest absolute Gasteiger partial charge is 0.268 e. The molecule has 1 amide bonds. The minimum atomic E-state index is -3.81. The number of anilines is 2. The number of benzene rings is 2. The molecule has 0 saturated carbocycles. The minimum absolute atomic E-state index is 0.0149. The number of nitrogens with zero attached hydrogens (tertiary/aromatic N) is 1. The van der Waals surface area contributed by atoms with E-state index in [0.717, 1.165) is 23.4 Å². The summed E-state index contributed by atoms with van der Waals surface area (Å²) in [4.78, 5) is 15.0. The summed E-state index contributed by atoms with van der Waals surface area (Å²) < 4.78 is 40.4. The number of carbonyl (C=O) groups is 1. The van der Waals surface area contributed by atoms with Gasteiger partial charge in [-0.2, -0.15) is 0 Å². The molecule has 0 aliphatic carbocycles. The number of hydrogen-bond donors (Lipinski definition) is 1. The lowest BCUT2D eigenvalue weighted by Crippen LogP contribution is -2.28. The van der Waals surface area contributed by atoms with Crippen LogP contribution in [-0.4, -0.2) is 20.9 Å². The average Bonchev–Trinajstić information content (AvgIpc) is 3.31. The molecule has 2 heterocycles. The summed E-state index contributed by atoms with van der Waals surface area (Å²) in [5.41, 5.74) is 2.10. The first kappa shape index (κ1) is 17.7. The number of fused-ring (bicyclic) bond motifs is 1. The highest BCUT2D eigenvalue weighted by molar-refractivity contribution is 7.92. The molecule has 0 saturated heterocycles. The van der Waals surface area contributed by atoms with Gasteiger partial charge in [0.05, 0.1) is 9.77 Å².